The SMILES string of the molecule is CC#CC(=O)NC1CCNCC1. The maximum absolute atomic E-state index is 11.0. The molecule has 0 spiro atoms. The normalized spacial score (nSPS) is 17.8. The van der Waals surface area contributed by atoms with E-state index in [-0.39, 0.29) is 5.91 Å². The van der Waals surface area contributed by atoms with Crippen molar-refractivity contribution in [3.63, 3.8) is 0 Å². The fourth-order valence-electron chi connectivity index (χ4n) is 1.30. The molecule has 1 aliphatic heterocycles. The number of amides is 1. The Morgan fingerprint density at radius 1 is 1.50 bits per heavy atom. The number of piperidine rings is 1. The summed E-state index contributed by atoms with van der Waals surface area (Å²) in [5, 5.41) is 6.10. The van der Waals surface area contributed by atoms with E-state index in [1.807, 2.05) is 0 Å². The van der Waals surface area contributed by atoms with Gasteiger partial charge in [-0.3, -0.25) is 4.79 Å². The summed E-state index contributed by atoms with van der Waals surface area (Å²) in [6.45, 7) is 3.65. The van der Waals surface area contributed by atoms with Crippen molar-refractivity contribution in [2.75, 3.05) is 13.1 Å². The van der Waals surface area contributed by atoms with Gasteiger partial charge in [0.1, 0.15) is 0 Å². The third kappa shape index (κ3) is 2.93. The van der Waals surface area contributed by atoms with E-state index in [9.17, 15) is 4.79 Å². The van der Waals surface area contributed by atoms with Gasteiger partial charge in [-0.25, -0.2) is 0 Å². The summed E-state index contributed by atoms with van der Waals surface area (Å²) >= 11 is 0. The van der Waals surface area contributed by atoms with E-state index in [4.69, 9.17) is 0 Å². The van der Waals surface area contributed by atoms with Crippen molar-refractivity contribution in [1.82, 2.24) is 10.6 Å². The van der Waals surface area contributed by atoms with Crippen LogP contribution in [0.2, 0.25) is 0 Å². The highest BCUT2D eigenvalue weighted by Gasteiger charge is 2.13. The minimum absolute atomic E-state index is 0.149. The lowest BCUT2D eigenvalue weighted by Crippen LogP contribution is -2.42. The van der Waals surface area contributed by atoms with Crippen LogP contribution in [0.3, 0.4) is 0 Å². The zero-order valence-electron chi connectivity index (χ0n) is 7.31. The third-order valence-corrected chi connectivity index (χ3v) is 1.91. The summed E-state index contributed by atoms with van der Waals surface area (Å²) in [4.78, 5) is 11.0. The van der Waals surface area contributed by atoms with E-state index in [1.165, 1.54) is 0 Å². The van der Waals surface area contributed by atoms with Crippen molar-refractivity contribution in [3.8, 4) is 11.8 Å². The van der Waals surface area contributed by atoms with Crippen molar-refractivity contribution in [1.29, 1.82) is 0 Å². The molecule has 0 aromatic carbocycles. The summed E-state index contributed by atoms with van der Waals surface area (Å²) in [5.74, 6) is 4.90. The molecular formula is C9H14N2O. The zero-order chi connectivity index (χ0) is 8.81. The molecule has 3 nitrogen and oxygen atoms in total. The van der Waals surface area contributed by atoms with Gasteiger partial charge >= 0.3 is 0 Å². The molecule has 1 heterocycles. The van der Waals surface area contributed by atoms with E-state index in [0.29, 0.717) is 6.04 Å². The van der Waals surface area contributed by atoms with Crippen LogP contribution in [0.5, 0.6) is 0 Å². The van der Waals surface area contributed by atoms with Crippen LogP contribution in [0.25, 0.3) is 0 Å². The number of carbonyl (C=O) groups excluding carboxylic acids is 1. The van der Waals surface area contributed by atoms with Crippen LogP contribution in [-0.4, -0.2) is 25.0 Å². The third-order valence-electron chi connectivity index (χ3n) is 1.91. The first-order chi connectivity index (χ1) is 5.83. The molecule has 66 valence electrons. The van der Waals surface area contributed by atoms with Gasteiger partial charge in [-0.05, 0) is 38.8 Å². The van der Waals surface area contributed by atoms with Gasteiger partial charge in [0.25, 0.3) is 5.91 Å². The van der Waals surface area contributed by atoms with Gasteiger partial charge < -0.3 is 10.6 Å². The summed E-state index contributed by atoms with van der Waals surface area (Å²) in [5.41, 5.74) is 0. The molecule has 1 fully saturated rings. The molecule has 1 amide bonds. The van der Waals surface area contributed by atoms with Gasteiger partial charge in [0.2, 0.25) is 0 Å². The first-order valence-electron chi connectivity index (χ1n) is 4.27. The van der Waals surface area contributed by atoms with Gasteiger partial charge in [0, 0.05) is 6.04 Å². The highest BCUT2D eigenvalue weighted by Crippen LogP contribution is 2.00. The Kier molecular flexibility index (Phi) is 3.62. The van der Waals surface area contributed by atoms with Crippen LogP contribution in [-0.2, 0) is 4.79 Å². The Hall–Kier alpha value is -1.01. The number of nitrogens with one attached hydrogen (secondary N) is 2. The molecule has 0 saturated carbocycles. The molecule has 1 aliphatic rings. The molecule has 0 unspecified atom stereocenters. The predicted octanol–water partition coefficient (Wildman–Crippen LogP) is -0.122. The molecule has 2 N–H and O–H groups in total. The molecule has 0 aromatic heterocycles. The minimum Gasteiger partial charge on any atom is -0.342 e. The van der Waals surface area contributed by atoms with Crippen molar-refractivity contribution < 1.29 is 4.79 Å². The second-order valence-electron chi connectivity index (χ2n) is 2.87. The van der Waals surface area contributed by atoms with E-state index in [0.717, 1.165) is 25.9 Å². The van der Waals surface area contributed by atoms with Crippen LogP contribution < -0.4 is 10.6 Å². The van der Waals surface area contributed by atoms with Crippen molar-refractivity contribution in [2.24, 2.45) is 0 Å². The lowest BCUT2D eigenvalue weighted by molar-refractivity contribution is -0.116. The fourth-order valence-corrected chi connectivity index (χ4v) is 1.30. The molecule has 12 heavy (non-hydrogen) atoms. The Labute approximate surface area is 72.9 Å². The Bertz CT molecular complexity index is 208. The predicted molar refractivity (Wildman–Crippen MR) is 47.5 cm³/mol. The summed E-state index contributed by atoms with van der Waals surface area (Å²) in [7, 11) is 0. The average Bonchev–Trinajstić information content (AvgIpc) is 2.06. The zero-order valence-corrected chi connectivity index (χ0v) is 7.31. The number of carbonyl (C=O) groups is 1. The van der Waals surface area contributed by atoms with Gasteiger partial charge in [-0.15, -0.1) is 0 Å². The standard InChI is InChI=1S/C9H14N2O/c1-2-3-9(12)11-8-4-6-10-7-5-8/h8,10H,4-7H2,1H3,(H,11,12). The largest absolute Gasteiger partial charge is 0.342 e. The molecular weight excluding hydrogens is 152 g/mol. The quantitative estimate of drug-likeness (QED) is 0.533. The topological polar surface area (TPSA) is 41.1 Å². The van der Waals surface area contributed by atoms with E-state index in [1.54, 1.807) is 6.92 Å². The molecule has 3 heteroatoms. The summed E-state index contributed by atoms with van der Waals surface area (Å²) < 4.78 is 0. The molecule has 0 atom stereocenters. The first kappa shape index (κ1) is 9.08. The molecule has 1 saturated heterocycles. The minimum atomic E-state index is -0.149. The lowest BCUT2D eigenvalue weighted by Gasteiger charge is -2.22. The van der Waals surface area contributed by atoms with Crippen molar-refractivity contribution in [3.05, 3.63) is 0 Å². The van der Waals surface area contributed by atoms with Gasteiger partial charge in [0.15, 0.2) is 0 Å². The highest BCUT2D eigenvalue weighted by molar-refractivity contribution is 5.93. The van der Waals surface area contributed by atoms with Crippen LogP contribution in [0, 0.1) is 11.8 Å². The molecule has 0 bridgehead atoms. The Morgan fingerprint density at radius 2 is 2.17 bits per heavy atom. The Balaban J connectivity index is 2.27. The van der Waals surface area contributed by atoms with Gasteiger partial charge in [-0.1, -0.05) is 5.92 Å². The first-order valence-corrected chi connectivity index (χ1v) is 4.27. The van der Waals surface area contributed by atoms with E-state index < -0.39 is 0 Å². The molecule has 1 rings (SSSR count). The fraction of sp³-hybridized carbons (Fsp3) is 0.667. The van der Waals surface area contributed by atoms with Gasteiger partial charge in [0.05, 0.1) is 0 Å². The maximum atomic E-state index is 11.0. The maximum Gasteiger partial charge on any atom is 0.296 e. The lowest BCUT2D eigenvalue weighted by atomic mass is 10.1. The molecule has 0 radical (unpaired) electrons. The molecule has 0 aliphatic carbocycles. The molecule has 0 aromatic rings. The second-order valence-corrected chi connectivity index (χ2v) is 2.87. The average molecular weight is 166 g/mol. The number of rotatable bonds is 1. The smallest absolute Gasteiger partial charge is 0.296 e. The Morgan fingerprint density at radius 3 is 2.75 bits per heavy atom. The number of hydrogen-bond donors (Lipinski definition) is 2. The van der Waals surface area contributed by atoms with Crippen molar-refractivity contribution in [2.45, 2.75) is 25.8 Å². The van der Waals surface area contributed by atoms with Crippen LogP contribution in [0.4, 0.5) is 0 Å². The second kappa shape index (κ2) is 4.78. The van der Waals surface area contributed by atoms with Crippen LogP contribution in [0.15, 0.2) is 0 Å². The summed E-state index contributed by atoms with van der Waals surface area (Å²) in [6, 6.07) is 0.319. The van der Waals surface area contributed by atoms with Crippen LogP contribution in [0.1, 0.15) is 19.8 Å². The van der Waals surface area contributed by atoms with Crippen molar-refractivity contribution >= 4 is 5.91 Å². The highest BCUT2D eigenvalue weighted by atomic mass is 16.1. The van der Waals surface area contributed by atoms with Crippen LogP contribution >= 0.6 is 0 Å². The number of hydrogen-bond acceptors (Lipinski definition) is 2. The monoisotopic (exact) mass is 166 g/mol. The van der Waals surface area contributed by atoms with E-state index in [2.05, 4.69) is 22.5 Å². The van der Waals surface area contributed by atoms with Gasteiger partial charge in [-0.2, -0.15) is 0 Å². The summed E-state index contributed by atoms with van der Waals surface area (Å²) in [6.07, 6.45) is 2.02. The van der Waals surface area contributed by atoms with E-state index >= 15 is 0 Å².